The molecule has 0 aliphatic carbocycles. The maximum Gasteiger partial charge on any atom is 0.274 e. The molecule has 0 bridgehead atoms. The number of ether oxygens (including phenoxy) is 1. The average Bonchev–Trinajstić information content (AvgIpc) is 2.48. The first-order valence-electron chi connectivity index (χ1n) is 5.66. The molecule has 7 nitrogen and oxygen atoms in total. The number of hydrogen-bond donors (Lipinski definition) is 1. The number of nitrogens with zero attached hydrogens (tertiary/aromatic N) is 2. The minimum atomic E-state index is -0.535. The summed E-state index contributed by atoms with van der Waals surface area (Å²) in [6, 6.07) is 8.90. The Morgan fingerprint density at radius 3 is 2.75 bits per heavy atom. The van der Waals surface area contributed by atoms with Crippen LogP contribution >= 0.6 is 0 Å². The number of non-ortho nitro benzene ring substituents is 1. The van der Waals surface area contributed by atoms with Gasteiger partial charge in [0, 0.05) is 12.3 Å². The van der Waals surface area contributed by atoms with E-state index in [2.05, 4.69) is 10.3 Å². The Labute approximate surface area is 114 Å². The average molecular weight is 273 g/mol. The molecule has 0 aliphatic rings. The van der Waals surface area contributed by atoms with Crippen molar-refractivity contribution in [2.45, 2.75) is 0 Å². The van der Waals surface area contributed by atoms with Crippen molar-refractivity contribution < 1.29 is 14.5 Å². The van der Waals surface area contributed by atoms with Gasteiger partial charge in [0.2, 0.25) is 0 Å². The van der Waals surface area contributed by atoms with E-state index in [-0.39, 0.29) is 17.1 Å². The molecular weight excluding hydrogens is 262 g/mol. The van der Waals surface area contributed by atoms with Gasteiger partial charge >= 0.3 is 0 Å². The topological polar surface area (TPSA) is 94.4 Å². The second kappa shape index (κ2) is 5.79. The van der Waals surface area contributed by atoms with Crippen molar-refractivity contribution in [2.75, 3.05) is 12.4 Å². The van der Waals surface area contributed by atoms with Gasteiger partial charge in [-0.15, -0.1) is 0 Å². The zero-order valence-corrected chi connectivity index (χ0v) is 10.6. The zero-order chi connectivity index (χ0) is 14.5. The molecule has 1 aromatic carbocycles. The van der Waals surface area contributed by atoms with Crippen molar-refractivity contribution in [3.05, 3.63) is 58.4 Å². The highest BCUT2D eigenvalue weighted by molar-refractivity contribution is 6.03. The fraction of sp³-hybridized carbons (Fsp3) is 0.0769. The lowest BCUT2D eigenvalue weighted by Crippen LogP contribution is -2.14. The Morgan fingerprint density at radius 1 is 1.35 bits per heavy atom. The summed E-state index contributed by atoms with van der Waals surface area (Å²) in [7, 11) is 1.37. The van der Waals surface area contributed by atoms with Crippen molar-refractivity contribution in [3.8, 4) is 5.75 Å². The van der Waals surface area contributed by atoms with E-state index in [1.165, 1.54) is 31.5 Å². The molecule has 1 aromatic heterocycles. The Morgan fingerprint density at radius 2 is 2.15 bits per heavy atom. The third-order valence-corrected chi connectivity index (χ3v) is 2.54. The smallest absolute Gasteiger partial charge is 0.274 e. The van der Waals surface area contributed by atoms with E-state index < -0.39 is 10.8 Å². The van der Waals surface area contributed by atoms with E-state index in [1.807, 2.05) is 0 Å². The predicted octanol–water partition coefficient (Wildman–Crippen LogP) is 2.25. The number of carbonyl (C=O) groups is 1. The van der Waals surface area contributed by atoms with Crippen LogP contribution in [0, 0.1) is 10.1 Å². The van der Waals surface area contributed by atoms with Gasteiger partial charge in [-0.05, 0) is 18.2 Å². The van der Waals surface area contributed by atoms with Gasteiger partial charge in [-0.3, -0.25) is 19.9 Å². The van der Waals surface area contributed by atoms with Gasteiger partial charge in [0.25, 0.3) is 11.6 Å². The number of nitro benzene ring substituents is 1. The molecule has 2 rings (SSSR count). The molecule has 1 heterocycles. The second-order valence-corrected chi connectivity index (χ2v) is 3.81. The van der Waals surface area contributed by atoms with Crippen molar-refractivity contribution in [1.82, 2.24) is 4.98 Å². The van der Waals surface area contributed by atoms with E-state index in [4.69, 9.17) is 4.74 Å². The summed E-state index contributed by atoms with van der Waals surface area (Å²) >= 11 is 0. The van der Waals surface area contributed by atoms with E-state index in [0.29, 0.717) is 5.69 Å². The van der Waals surface area contributed by atoms with Crippen LogP contribution in [0.3, 0.4) is 0 Å². The van der Waals surface area contributed by atoms with E-state index in [1.54, 1.807) is 18.2 Å². The molecule has 0 unspecified atom stereocenters. The fourth-order valence-electron chi connectivity index (χ4n) is 1.58. The lowest BCUT2D eigenvalue weighted by atomic mass is 10.2. The summed E-state index contributed by atoms with van der Waals surface area (Å²) in [6.45, 7) is 0. The Hall–Kier alpha value is -2.96. The zero-order valence-electron chi connectivity index (χ0n) is 10.6. The fourth-order valence-corrected chi connectivity index (χ4v) is 1.58. The highest BCUT2D eigenvalue weighted by atomic mass is 16.6. The number of benzene rings is 1. The standard InChI is InChI=1S/C13H11N3O4/c1-20-12-8-9(16(18)19)5-6-10(12)15-13(17)11-4-2-3-7-14-11/h2-8H,1H3,(H,15,17). The number of nitro groups is 1. The molecule has 7 heteroatoms. The summed E-state index contributed by atoms with van der Waals surface area (Å²) in [5, 5.41) is 13.3. The molecule has 20 heavy (non-hydrogen) atoms. The van der Waals surface area contributed by atoms with Gasteiger partial charge < -0.3 is 10.1 Å². The maximum absolute atomic E-state index is 11.9. The first-order chi connectivity index (χ1) is 9.61. The van der Waals surface area contributed by atoms with Crippen LogP contribution in [0.5, 0.6) is 5.75 Å². The number of pyridine rings is 1. The van der Waals surface area contributed by atoms with Crippen molar-refractivity contribution in [2.24, 2.45) is 0 Å². The Bertz CT molecular complexity index is 643. The number of methoxy groups -OCH3 is 1. The van der Waals surface area contributed by atoms with Gasteiger partial charge in [-0.25, -0.2) is 0 Å². The van der Waals surface area contributed by atoms with Crippen LogP contribution in [-0.4, -0.2) is 22.9 Å². The van der Waals surface area contributed by atoms with Crippen LogP contribution in [0.4, 0.5) is 11.4 Å². The van der Waals surface area contributed by atoms with E-state index in [0.717, 1.165) is 0 Å². The number of rotatable bonds is 4. The summed E-state index contributed by atoms with van der Waals surface area (Å²) < 4.78 is 5.03. The molecule has 0 spiro atoms. The molecule has 0 radical (unpaired) electrons. The van der Waals surface area contributed by atoms with Gasteiger partial charge in [-0.1, -0.05) is 6.07 Å². The van der Waals surface area contributed by atoms with Gasteiger partial charge in [0.05, 0.1) is 23.8 Å². The Balaban J connectivity index is 2.25. The molecule has 0 saturated carbocycles. The summed E-state index contributed by atoms with van der Waals surface area (Å²) in [5.74, 6) is -0.207. The van der Waals surface area contributed by atoms with E-state index in [9.17, 15) is 14.9 Å². The molecular formula is C13H11N3O4. The van der Waals surface area contributed by atoms with Crippen LogP contribution in [-0.2, 0) is 0 Å². The SMILES string of the molecule is COc1cc([N+](=O)[O-])ccc1NC(=O)c1ccccn1. The first kappa shape index (κ1) is 13.5. The number of anilines is 1. The largest absolute Gasteiger partial charge is 0.494 e. The number of amides is 1. The monoisotopic (exact) mass is 273 g/mol. The summed E-state index contributed by atoms with van der Waals surface area (Å²) in [4.78, 5) is 26.0. The molecule has 1 N–H and O–H groups in total. The van der Waals surface area contributed by atoms with Gasteiger partial charge in [0.1, 0.15) is 11.4 Å². The van der Waals surface area contributed by atoms with Crippen molar-refractivity contribution >= 4 is 17.3 Å². The highest BCUT2D eigenvalue weighted by Gasteiger charge is 2.14. The van der Waals surface area contributed by atoms with Crippen LogP contribution in [0.15, 0.2) is 42.6 Å². The molecule has 1 amide bonds. The summed E-state index contributed by atoms with van der Waals surface area (Å²) in [5.41, 5.74) is 0.472. The molecule has 0 atom stereocenters. The number of carbonyl (C=O) groups excluding carboxylic acids is 1. The lowest BCUT2D eigenvalue weighted by molar-refractivity contribution is -0.384. The first-order valence-corrected chi connectivity index (χ1v) is 5.66. The van der Waals surface area contributed by atoms with Gasteiger partial charge in [0.15, 0.2) is 0 Å². The number of nitrogens with one attached hydrogen (secondary N) is 1. The predicted molar refractivity (Wildman–Crippen MR) is 71.8 cm³/mol. The van der Waals surface area contributed by atoms with Crippen LogP contribution in [0.25, 0.3) is 0 Å². The van der Waals surface area contributed by atoms with Crippen LogP contribution in [0.1, 0.15) is 10.5 Å². The number of hydrogen-bond acceptors (Lipinski definition) is 5. The van der Waals surface area contributed by atoms with Crippen molar-refractivity contribution in [1.29, 1.82) is 0 Å². The van der Waals surface area contributed by atoms with Crippen molar-refractivity contribution in [3.63, 3.8) is 0 Å². The second-order valence-electron chi connectivity index (χ2n) is 3.81. The summed E-state index contributed by atoms with van der Waals surface area (Å²) in [6.07, 6.45) is 1.50. The highest BCUT2D eigenvalue weighted by Crippen LogP contribution is 2.29. The van der Waals surface area contributed by atoms with Crippen LogP contribution in [0.2, 0.25) is 0 Å². The Kier molecular flexibility index (Phi) is 3.90. The van der Waals surface area contributed by atoms with Crippen LogP contribution < -0.4 is 10.1 Å². The minimum Gasteiger partial charge on any atom is -0.494 e. The minimum absolute atomic E-state index is 0.113. The van der Waals surface area contributed by atoms with Gasteiger partial charge in [-0.2, -0.15) is 0 Å². The molecule has 0 aliphatic heterocycles. The molecule has 102 valence electrons. The normalized spacial score (nSPS) is 9.85. The quantitative estimate of drug-likeness (QED) is 0.681. The molecule has 0 saturated heterocycles. The molecule has 2 aromatic rings. The number of aromatic nitrogens is 1. The molecule has 0 fully saturated rings. The third kappa shape index (κ3) is 2.89. The lowest BCUT2D eigenvalue weighted by Gasteiger charge is -2.09. The van der Waals surface area contributed by atoms with E-state index >= 15 is 0 Å². The third-order valence-electron chi connectivity index (χ3n) is 2.54. The maximum atomic E-state index is 11.9.